The SMILES string of the molecule is CNC.CSCCc1nc(-c2nccc(C3(/C(N)=C(C)/C=C(\N)c4c(F)cccc4F)CC3C[Se]SC)n2)n[nH]1. The van der Waals surface area contributed by atoms with E-state index < -0.39 is 17.0 Å². The summed E-state index contributed by atoms with van der Waals surface area (Å²) in [6.07, 6.45) is 8.99. The predicted octanol–water partition coefficient (Wildman–Crippen LogP) is 4.17. The number of allylic oxidation sites excluding steroid dienone is 3. The van der Waals surface area contributed by atoms with Gasteiger partial charge in [-0.3, -0.25) is 0 Å². The topological polar surface area (TPSA) is 131 Å². The average molecular weight is 654 g/mol. The van der Waals surface area contributed by atoms with Gasteiger partial charge in [-0.25, -0.2) is 0 Å². The number of rotatable bonds is 11. The van der Waals surface area contributed by atoms with E-state index in [-0.39, 0.29) is 11.3 Å². The fraction of sp³-hybridized carbons (Fsp3) is 0.407. The zero-order valence-corrected chi connectivity index (χ0v) is 26.6. The third kappa shape index (κ3) is 7.44. The molecule has 216 valence electrons. The number of H-pyrrole nitrogens is 1. The normalized spacial score (nSPS) is 19.1. The average Bonchev–Trinajstić information content (AvgIpc) is 3.48. The van der Waals surface area contributed by atoms with E-state index in [1.165, 1.54) is 18.2 Å². The van der Waals surface area contributed by atoms with Crippen molar-refractivity contribution >= 4 is 41.5 Å². The molecule has 6 N–H and O–H groups in total. The van der Waals surface area contributed by atoms with Gasteiger partial charge in [0.25, 0.3) is 0 Å². The molecule has 8 nitrogen and oxygen atoms in total. The van der Waals surface area contributed by atoms with E-state index in [4.69, 9.17) is 16.5 Å². The van der Waals surface area contributed by atoms with E-state index in [1.807, 2.05) is 43.5 Å². The van der Waals surface area contributed by atoms with Gasteiger partial charge in [-0.15, -0.1) is 0 Å². The number of nitrogens with zero attached hydrogens (tertiary/aromatic N) is 4. The van der Waals surface area contributed by atoms with Crippen LogP contribution in [0.25, 0.3) is 17.3 Å². The van der Waals surface area contributed by atoms with Crippen molar-refractivity contribution in [1.29, 1.82) is 0 Å². The zero-order valence-electron chi connectivity index (χ0n) is 23.3. The molecule has 13 heteroatoms. The van der Waals surface area contributed by atoms with Crippen LogP contribution in [0, 0.1) is 17.6 Å². The van der Waals surface area contributed by atoms with Crippen LogP contribution in [0.5, 0.6) is 0 Å². The molecule has 1 aliphatic rings. The van der Waals surface area contributed by atoms with Crippen molar-refractivity contribution < 1.29 is 8.78 Å². The van der Waals surface area contributed by atoms with Crippen molar-refractivity contribution in [3.05, 3.63) is 76.5 Å². The van der Waals surface area contributed by atoms with Gasteiger partial charge in [0, 0.05) is 0 Å². The molecule has 3 aromatic rings. The molecule has 0 bridgehead atoms. The minimum atomic E-state index is -0.717. The van der Waals surface area contributed by atoms with Crippen LogP contribution in [0.3, 0.4) is 0 Å². The monoisotopic (exact) mass is 654 g/mol. The number of aromatic nitrogens is 5. The molecule has 1 aromatic carbocycles. The molecule has 4 rings (SSSR count). The van der Waals surface area contributed by atoms with Crippen molar-refractivity contribution in [3.8, 4) is 11.6 Å². The van der Waals surface area contributed by atoms with Crippen LogP contribution in [0.1, 0.15) is 30.4 Å². The van der Waals surface area contributed by atoms with E-state index in [2.05, 4.69) is 31.7 Å². The van der Waals surface area contributed by atoms with E-state index in [0.717, 1.165) is 35.4 Å². The van der Waals surface area contributed by atoms with Gasteiger partial charge in [-0.1, -0.05) is 0 Å². The summed E-state index contributed by atoms with van der Waals surface area (Å²) in [6.45, 7) is 1.81. The molecule has 0 radical (unpaired) electrons. The van der Waals surface area contributed by atoms with Gasteiger partial charge in [0.15, 0.2) is 0 Å². The minimum absolute atomic E-state index is 0.0152. The Morgan fingerprint density at radius 1 is 1.18 bits per heavy atom. The Hall–Kier alpha value is -2.44. The third-order valence-corrected chi connectivity index (χ3v) is 10.6. The number of aromatic amines is 1. The Bertz CT molecular complexity index is 1330. The standard InChI is InChI=1S/C25H29F2N7S2Se.C2H7N/c1-14(11-18(28)21-16(26)5-4-6-17(21)27)22(29)25(12-15(25)13-37-36-3)19-7-9-30-23(31-19)24-32-20(33-34-24)8-10-35-2;1-3-2/h4-7,9,11,15H,8,10,12-13,28-29H2,1-3H3,(H,32,33,34);3H,1-2H3/b18-11-,22-14-;. The predicted molar refractivity (Wildman–Crippen MR) is 164 cm³/mol. The Kier molecular flexibility index (Phi) is 12.0. The number of benzene rings is 1. The third-order valence-electron chi connectivity index (χ3n) is 6.41. The maximum atomic E-state index is 14.3. The summed E-state index contributed by atoms with van der Waals surface area (Å²) in [7, 11) is 5.59. The van der Waals surface area contributed by atoms with E-state index >= 15 is 0 Å². The first-order chi connectivity index (χ1) is 19.2. The van der Waals surface area contributed by atoms with Gasteiger partial charge >= 0.3 is 223 Å². The number of hydrogen-bond donors (Lipinski definition) is 4. The Morgan fingerprint density at radius 3 is 2.52 bits per heavy atom. The molecule has 2 atom stereocenters. The quantitative estimate of drug-likeness (QED) is 0.178. The number of nitrogens with one attached hydrogen (secondary N) is 2. The van der Waals surface area contributed by atoms with Gasteiger partial charge < -0.3 is 5.32 Å². The van der Waals surface area contributed by atoms with Crippen molar-refractivity contribution in [2.45, 2.75) is 30.5 Å². The van der Waals surface area contributed by atoms with Crippen LogP contribution < -0.4 is 16.8 Å². The summed E-state index contributed by atoms with van der Waals surface area (Å²) in [5.74, 6) is 1.45. The molecule has 0 spiro atoms. The molecule has 2 heterocycles. The fourth-order valence-electron chi connectivity index (χ4n) is 4.39. The second-order valence-corrected chi connectivity index (χ2v) is 15.1. The molecular formula is C27H36F2N8S2Se. The van der Waals surface area contributed by atoms with E-state index in [9.17, 15) is 8.78 Å². The van der Waals surface area contributed by atoms with Crippen LogP contribution in [-0.2, 0) is 11.8 Å². The van der Waals surface area contributed by atoms with E-state index in [0.29, 0.717) is 42.7 Å². The van der Waals surface area contributed by atoms with Crippen molar-refractivity contribution in [1.82, 2.24) is 30.5 Å². The van der Waals surface area contributed by atoms with E-state index in [1.54, 1.807) is 24.0 Å². The van der Waals surface area contributed by atoms with Gasteiger partial charge in [-0.05, 0) is 20.4 Å². The van der Waals surface area contributed by atoms with Crippen LogP contribution >= 0.6 is 21.9 Å². The molecule has 0 saturated heterocycles. The number of thioether (sulfide) groups is 1. The van der Waals surface area contributed by atoms with Gasteiger partial charge in [0.2, 0.25) is 0 Å². The fourth-order valence-corrected chi connectivity index (χ4v) is 7.82. The van der Waals surface area contributed by atoms with Crippen molar-refractivity contribution in [3.63, 3.8) is 0 Å². The van der Waals surface area contributed by atoms with Gasteiger partial charge in [-0.2, -0.15) is 0 Å². The summed E-state index contributed by atoms with van der Waals surface area (Å²) in [6, 6.07) is 5.55. The molecule has 40 heavy (non-hydrogen) atoms. The van der Waals surface area contributed by atoms with Crippen molar-refractivity contribution in [2.75, 3.05) is 32.4 Å². The molecular weight excluding hydrogens is 617 g/mol. The number of nitrogens with two attached hydrogens (primary N) is 2. The van der Waals surface area contributed by atoms with Gasteiger partial charge in [0.05, 0.1) is 0 Å². The van der Waals surface area contributed by atoms with Crippen LogP contribution in [0.4, 0.5) is 8.78 Å². The zero-order chi connectivity index (χ0) is 29.3. The van der Waals surface area contributed by atoms with Gasteiger partial charge in [0.1, 0.15) is 0 Å². The molecule has 0 amide bonds. The van der Waals surface area contributed by atoms with Crippen molar-refractivity contribution in [2.24, 2.45) is 17.4 Å². The summed E-state index contributed by atoms with van der Waals surface area (Å²) in [5, 5.41) is 11.0. The first-order valence-corrected chi connectivity index (χ1v) is 18.4. The second kappa shape index (κ2) is 15.0. The molecule has 1 saturated carbocycles. The van der Waals surface area contributed by atoms with Crippen LogP contribution in [0.2, 0.25) is 5.32 Å². The number of aryl methyl sites for hydroxylation is 1. The Balaban J connectivity index is 0.00000141. The number of hydrogen-bond acceptors (Lipinski definition) is 9. The van der Waals surface area contributed by atoms with Crippen LogP contribution in [0.15, 0.2) is 47.8 Å². The first-order valence-electron chi connectivity index (χ1n) is 12.6. The molecule has 1 aliphatic carbocycles. The molecule has 1 fully saturated rings. The maximum absolute atomic E-state index is 14.3. The molecule has 2 aromatic heterocycles. The molecule has 0 aliphatic heterocycles. The number of halogens is 2. The summed E-state index contributed by atoms with van der Waals surface area (Å²) in [4.78, 5) is 13.8. The first kappa shape index (κ1) is 32.1. The summed E-state index contributed by atoms with van der Waals surface area (Å²) >= 11 is 2.14. The summed E-state index contributed by atoms with van der Waals surface area (Å²) in [5.41, 5.74) is 14.2. The second-order valence-electron chi connectivity index (χ2n) is 9.23. The Morgan fingerprint density at radius 2 is 1.88 bits per heavy atom. The Labute approximate surface area is 248 Å². The van der Waals surface area contributed by atoms with Crippen LogP contribution in [-0.4, -0.2) is 71.3 Å². The summed E-state index contributed by atoms with van der Waals surface area (Å²) < 4.78 is 28.6. The molecule has 2 unspecified atom stereocenters.